The highest BCUT2D eigenvalue weighted by Gasteiger charge is 2.54. The van der Waals surface area contributed by atoms with Crippen LogP contribution in [0.1, 0.15) is 17.5 Å². The van der Waals surface area contributed by atoms with Crippen molar-refractivity contribution in [1.82, 2.24) is 15.2 Å². The number of anilines is 1. The zero-order chi connectivity index (χ0) is 26.0. The van der Waals surface area contributed by atoms with E-state index < -0.39 is 44.8 Å². The summed E-state index contributed by atoms with van der Waals surface area (Å²) in [5.74, 6) is -3.43. The third kappa shape index (κ3) is 5.40. The van der Waals surface area contributed by atoms with Crippen LogP contribution in [0.3, 0.4) is 0 Å². The van der Waals surface area contributed by atoms with Gasteiger partial charge in [-0.15, -0.1) is 34.4 Å². The summed E-state index contributed by atoms with van der Waals surface area (Å²) in [6.07, 6.45) is 0. The van der Waals surface area contributed by atoms with Gasteiger partial charge in [0.2, 0.25) is 0 Å². The molecule has 4 rings (SSSR count). The number of aromatic nitrogens is 1. The number of hydrogen-bond acceptors (Lipinski definition) is 12. The quantitative estimate of drug-likeness (QED) is 0.210. The van der Waals surface area contributed by atoms with E-state index in [1.165, 1.54) is 28.5 Å². The molecular weight excluding hydrogens is 551 g/mol. The topological polar surface area (TPSA) is 181 Å². The van der Waals surface area contributed by atoms with E-state index in [4.69, 9.17) is 10.6 Å². The van der Waals surface area contributed by atoms with Gasteiger partial charge in [0.1, 0.15) is 29.4 Å². The number of carbonyl (C=O) groups is 3. The van der Waals surface area contributed by atoms with Crippen LogP contribution in [0.2, 0.25) is 0 Å². The van der Waals surface area contributed by atoms with E-state index in [0.29, 0.717) is 4.88 Å². The fourth-order valence-corrected chi connectivity index (χ4v) is 8.39. The number of β-lactam (4-membered cyclic amide) rings is 1. The molecule has 2 aromatic heterocycles. The number of thiophene rings is 1. The number of carbonyl (C=O) groups excluding carboxylic acids is 2. The maximum atomic E-state index is 12.9. The SMILES string of the molecule is CCO/N=C(\C(=O)NC1C(=O)N2C(C(=O)O)=C(CS(=O)(=O)Cc3cccs3)CS[C@H]12)c1csc(N)n1. The van der Waals surface area contributed by atoms with Crippen molar-refractivity contribution in [2.24, 2.45) is 5.16 Å². The molecule has 1 saturated heterocycles. The molecule has 16 heteroatoms. The molecule has 4 N–H and O–H groups in total. The lowest BCUT2D eigenvalue weighted by Crippen LogP contribution is -2.71. The minimum atomic E-state index is -3.66. The predicted molar refractivity (Wildman–Crippen MR) is 136 cm³/mol. The molecule has 2 atom stereocenters. The normalized spacial score (nSPS) is 20.1. The molecule has 1 unspecified atom stereocenters. The summed E-state index contributed by atoms with van der Waals surface area (Å²) < 4.78 is 25.4. The number of nitrogen functional groups attached to an aromatic ring is 1. The van der Waals surface area contributed by atoms with Gasteiger partial charge in [-0.3, -0.25) is 14.5 Å². The maximum absolute atomic E-state index is 12.9. The van der Waals surface area contributed by atoms with Crippen LogP contribution in [0.25, 0.3) is 0 Å². The van der Waals surface area contributed by atoms with Crippen LogP contribution in [0.15, 0.2) is 39.3 Å². The number of rotatable bonds is 10. The smallest absolute Gasteiger partial charge is 0.352 e. The molecule has 1 fully saturated rings. The molecule has 2 aliphatic rings. The van der Waals surface area contributed by atoms with Gasteiger partial charge in [0.15, 0.2) is 20.7 Å². The minimum Gasteiger partial charge on any atom is -0.477 e. The molecule has 0 spiro atoms. The van der Waals surface area contributed by atoms with Crippen LogP contribution in [0, 0.1) is 0 Å². The van der Waals surface area contributed by atoms with E-state index in [1.54, 1.807) is 24.4 Å². The fraction of sp³-hybridized carbons (Fsp3) is 0.350. The number of thiazole rings is 1. The van der Waals surface area contributed by atoms with Crippen molar-refractivity contribution in [1.29, 1.82) is 0 Å². The molecular formula is C20H21N5O7S4. The fourth-order valence-electron chi connectivity index (χ4n) is 3.66. The van der Waals surface area contributed by atoms with Gasteiger partial charge in [-0.1, -0.05) is 11.2 Å². The lowest BCUT2D eigenvalue weighted by Gasteiger charge is -2.49. The summed E-state index contributed by atoms with van der Waals surface area (Å²) in [7, 11) is -3.66. The van der Waals surface area contributed by atoms with E-state index in [2.05, 4.69) is 15.5 Å². The number of nitrogens with zero attached hydrogens (tertiary/aromatic N) is 3. The van der Waals surface area contributed by atoms with Gasteiger partial charge in [-0.05, 0) is 23.9 Å². The Morgan fingerprint density at radius 2 is 2.14 bits per heavy atom. The summed E-state index contributed by atoms with van der Waals surface area (Å²) >= 11 is 3.57. The Hall–Kier alpha value is -2.95. The Morgan fingerprint density at radius 1 is 1.36 bits per heavy atom. The average molecular weight is 572 g/mol. The van der Waals surface area contributed by atoms with E-state index in [9.17, 15) is 27.9 Å². The van der Waals surface area contributed by atoms with E-state index in [0.717, 1.165) is 16.2 Å². The zero-order valence-electron chi connectivity index (χ0n) is 18.7. The van der Waals surface area contributed by atoms with Crippen molar-refractivity contribution < 1.29 is 32.7 Å². The van der Waals surface area contributed by atoms with E-state index in [1.807, 2.05) is 0 Å². The van der Waals surface area contributed by atoms with Gasteiger partial charge >= 0.3 is 5.97 Å². The number of oxime groups is 1. The highest BCUT2D eigenvalue weighted by molar-refractivity contribution is 8.00. The van der Waals surface area contributed by atoms with Gasteiger partial charge in [0.05, 0.1) is 11.5 Å². The standard InChI is InChI=1S/C20H21N5O7S4/c1-2-32-24-13(12-7-35-20(21)22-12)16(26)23-14-17(27)25-15(19(28)29)10(6-34-18(14)25)8-36(30,31)9-11-4-3-5-33-11/h3-5,7,14,18H,2,6,8-9H2,1H3,(H2,21,22)(H,23,26)(H,28,29)/b24-13-/t14?,18-/m1/s1. The maximum Gasteiger partial charge on any atom is 0.352 e. The number of aliphatic carboxylic acids is 1. The van der Waals surface area contributed by atoms with Crippen LogP contribution >= 0.6 is 34.4 Å². The number of sulfone groups is 1. The Kier molecular flexibility index (Phi) is 7.67. The summed E-state index contributed by atoms with van der Waals surface area (Å²) in [5, 5.41) is 18.9. The molecule has 2 amide bonds. The highest BCUT2D eigenvalue weighted by Crippen LogP contribution is 2.41. The van der Waals surface area contributed by atoms with Gasteiger partial charge in [-0.25, -0.2) is 18.2 Å². The van der Waals surface area contributed by atoms with Crippen LogP contribution in [-0.4, -0.2) is 76.4 Å². The van der Waals surface area contributed by atoms with Crippen molar-refractivity contribution >= 4 is 72.9 Å². The second kappa shape index (κ2) is 10.6. The van der Waals surface area contributed by atoms with Crippen molar-refractivity contribution in [3.63, 3.8) is 0 Å². The number of carboxylic acid groups (broad SMARTS) is 1. The van der Waals surface area contributed by atoms with Gasteiger partial charge in [0, 0.05) is 16.0 Å². The molecule has 0 aromatic carbocycles. The molecule has 12 nitrogen and oxygen atoms in total. The van der Waals surface area contributed by atoms with E-state index in [-0.39, 0.29) is 45.9 Å². The van der Waals surface area contributed by atoms with Gasteiger partial charge in [0.25, 0.3) is 11.8 Å². The first-order valence-electron chi connectivity index (χ1n) is 10.5. The molecule has 36 heavy (non-hydrogen) atoms. The number of thioether (sulfide) groups is 1. The van der Waals surface area contributed by atoms with Crippen molar-refractivity contribution in [2.75, 3.05) is 23.8 Å². The first-order chi connectivity index (χ1) is 17.1. The summed E-state index contributed by atoms with van der Waals surface area (Å²) in [6.45, 7) is 1.87. The van der Waals surface area contributed by atoms with Crippen LogP contribution in [0.5, 0.6) is 0 Å². The molecule has 0 saturated carbocycles. The number of nitrogens with two attached hydrogens (primary N) is 1. The van der Waals surface area contributed by atoms with Crippen molar-refractivity contribution in [2.45, 2.75) is 24.1 Å². The highest BCUT2D eigenvalue weighted by atomic mass is 32.2. The average Bonchev–Trinajstić information content (AvgIpc) is 3.48. The monoisotopic (exact) mass is 571 g/mol. The predicted octanol–water partition coefficient (Wildman–Crippen LogP) is 0.881. The van der Waals surface area contributed by atoms with Crippen LogP contribution in [-0.2, 0) is 34.8 Å². The summed E-state index contributed by atoms with van der Waals surface area (Å²) in [5.41, 5.74) is 5.42. The molecule has 4 heterocycles. The minimum absolute atomic E-state index is 0.0780. The van der Waals surface area contributed by atoms with E-state index >= 15 is 0 Å². The number of nitrogens with one attached hydrogen (secondary N) is 1. The molecule has 0 aliphatic carbocycles. The lowest BCUT2D eigenvalue weighted by atomic mass is 10.0. The Morgan fingerprint density at radius 3 is 2.75 bits per heavy atom. The molecule has 192 valence electrons. The lowest BCUT2D eigenvalue weighted by molar-refractivity contribution is -0.150. The Balaban J connectivity index is 1.52. The number of carboxylic acids is 1. The second-order valence-corrected chi connectivity index (χ2v) is 12.7. The largest absolute Gasteiger partial charge is 0.477 e. The zero-order valence-corrected chi connectivity index (χ0v) is 22.0. The first-order valence-corrected chi connectivity index (χ1v) is 15.1. The van der Waals surface area contributed by atoms with Crippen LogP contribution in [0.4, 0.5) is 5.13 Å². The third-order valence-corrected chi connectivity index (χ3v) is 9.75. The Bertz CT molecular complexity index is 1350. The molecule has 0 radical (unpaired) electrons. The molecule has 2 aliphatic heterocycles. The van der Waals surface area contributed by atoms with Crippen LogP contribution < -0.4 is 11.1 Å². The third-order valence-electron chi connectivity index (χ3n) is 5.14. The van der Waals surface area contributed by atoms with Crippen molar-refractivity contribution in [3.8, 4) is 0 Å². The summed E-state index contributed by atoms with van der Waals surface area (Å²) in [4.78, 5) is 48.6. The number of fused-ring (bicyclic) bond motifs is 1. The Labute approximate surface area is 218 Å². The van der Waals surface area contributed by atoms with Gasteiger partial charge in [-0.2, -0.15) is 0 Å². The molecule has 2 aromatic rings. The number of amides is 2. The van der Waals surface area contributed by atoms with Crippen molar-refractivity contribution in [3.05, 3.63) is 44.7 Å². The second-order valence-electron chi connectivity index (χ2n) is 7.66. The van der Waals surface area contributed by atoms with Gasteiger partial charge < -0.3 is 21.0 Å². The summed E-state index contributed by atoms with van der Waals surface area (Å²) in [6, 6.07) is 2.39. The number of hydrogen-bond donors (Lipinski definition) is 3. The molecule has 0 bridgehead atoms. The first kappa shape index (κ1) is 26.1.